The van der Waals surface area contributed by atoms with Crippen LogP contribution in [0.5, 0.6) is 0 Å². The predicted molar refractivity (Wildman–Crippen MR) is 97.8 cm³/mol. The van der Waals surface area contributed by atoms with Gasteiger partial charge in [0.25, 0.3) is 0 Å². The van der Waals surface area contributed by atoms with Crippen LogP contribution in [0.3, 0.4) is 0 Å². The summed E-state index contributed by atoms with van der Waals surface area (Å²) in [5.74, 6) is 1.09. The molecule has 4 aliphatic carbocycles. The van der Waals surface area contributed by atoms with Crippen molar-refractivity contribution in [3.05, 3.63) is 36.0 Å². The maximum atomic E-state index is 12.4. The second-order valence-electron chi connectivity index (χ2n) is 9.21. The van der Waals surface area contributed by atoms with Crippen LogP contribution in [0.15, 0.2) is 36.0 Å². The number of Topliss-reactive ketones (excluding diaryl/α,β-unsaturated/α-hetero) is 1. The van der Waals surface area contributed by atoms with Gasteiger partial charge >= 0.3 is 0 Å². The molecule has 3 heteroatoms. The van der Waals surface area contributed by atoms with Crippen LogP contribution in [0.1, 0.15) is 52.4 Å². The Labute approximate surface area is 150 Å². The molecule has 0 heterocycles. The van der Waals surface area contributed by atoms with Gasteiger partial charge in [-0.1, -0.05) is 44.2 Å². The normalized spacial score (nSPS) is 48.4. The number of carbonyl (C=O) groups excluding carboxylic acids is 1. The lowest BCUT2D eigenvalue weighted by Gasteiger charge is -2.58. The lowest BCUT2D eigenvalue weighted by Crippen LogP contribution is -2.57. The molecular formula is C22H30O3. The molecule has 0 bridgehead atoms. The van der Waals surface area contributed by atoms with Crippen molar-refractivity contribution in [2.45, 2.75) is 58.0 Å². The molecule has 0 aromatic rings. The summed E-state index contributed by atoms with van der Waals surface area (Å²) in [7, 11) is 0. The van der Waals surface area contributed by atoms with Crippen LogP contribution in [0.25, 0.3) is 0 Å². The molecule has 4 rings (SSSR count). The average Bonchev–Trinajstić information content (AvgIpc) is 2.87. The highest BCUT2D eigenvalue weighted by molar-refractivity contribution is 5.89. The van der Waals surface area contributed by atoms with Gasteiger partial charge in [0.15, 0.2) is 5.78 Å². The van der Waals surface area contributed by atoms with E-state index >= 15 is 0 Å². The lowest BCUT2D eigenvalue weighted by atomic mass is 9.47. The summed E-state index contributed by atoms with van der Waals surface area (Å²) >= 11 is 0. The highest BCUT2D eigenvalue weighted by Gasteiger charge is 2.65. The molecule has 25 heavy (non-hydrogen) atoms. The zero-order valence-electron chi connectivity index (χ0n) is 15.4. The Balaban J connectivity index is 1.69. The molecule has 0 saturated heterocycles. The molecule has 0 aromatic carbocycles. The third kappa shape index (κ3) is 2.09. The molecule has 136 valence electrons. The van der Waals surface area contributed by atoms with Crippen molar-refractivity contribution >= 4 is 5.78 Å². The van der Waals surface area contributed by atoms with E-state index in [4.69, 9.17) is 0 Å². The molecule has 4 aliphatic rings. The Hall–Kier alpha value is -1.19. The van der Waals surface area contributed by atoms with Gasteiger partial charge in [0.2, 0.25) is 0 Å². The summed E-state index contributed by atoms with van der Waals surface area (Å²) in [6, 6.07) is 0. The number of ketones is 1. The van der Waals surface area contributed by atoms with Gasteiger partial charge < -0.3 is 10.2 Å². The number of aliphatic hydroxyl groups excluding tert-OH is 1. The van der Waals surface area contributed by atoms with Gasteiger partial charge in [0.1, 0.15) is 12.2 Å². The minimum atomic E-state index is -1.34. The SMILES string of the molecule is C=C1C=CC2(C)C(=C1)CCC1C2CCC2(C)C1CC[C@]2(O)C(=O)CO. The van der Waals surface area contributed by atoms with Gasteiger partial charge in [-0.25, -0.2) is 0 Å². The number of carbonyl (C=O) groups is 1. The first-order chi connectivity index (χ1) is 11.8. The maximum absolute atomic E-state index is 12.4. The molecule has 0 amide bonds. The first kappa shape index (κ1) is 17.2. The first-order valence-corrected chi connectivity index (χ1v) is 9.72. The molecule has 3 fully saturated rings. The zero-order valence-corrected chi connectivity index (χ0v) is 15.4. The topological polar surface area (TPSA) is 57.5 Å². The van der Waals surface area contributed by atoms with Crippen molar-refractivity contribution in [2.75, 3.05) is 6.61 Å². The molecule has 2 N–H and O–H groups in total. The number of rotatable bonds is 2. The minimum Gasteiger partial charge on any atom is -0.388 e. The van der Waals surface area contributed by atoms with Crippen LogP contribution >= 0.6 is 0 Å². The third-order valence-corrected chi connectivity index (χ3v) is 8.41. The van der Waals surface area contributed by atoms with Crippen LogP contribution < -0.4 is 0 Å². The van der Waals surface area contributed by atoms with E-state index in [-0.39, 0.29) is 11.2 Å². The van der Waals surface area contributed by atoms with Crippen LogP contribution in [-0.2, 0) is 4.79 Å². The summed E-state index contributed by atoms with van der Waals surface area (Å²) in [6.45, 7) is 8.00. The Morgan fingerprint density at radius 1 is 1.24 bits per heavy atom. The molecule has 3 nitrogen and oxygen atoms in total. The van der Waals surface area contributed by atoms with Crippen molar-refractivity contribution < 1.29 is 15.0 Å². The van der Waals surface area contributed by atoms with E-state index in [1.165, 1.54) is 5.57 Å². The minimum absolute atomic E-state index is 0.0904. The molecule has 0 spiro atoms. The quantitative estimate of drug-likeness (QED) is 0.806. The summed E-state index contributed by atoms with van der Waals surface area (Å²) in [5.41, 5.74) is 0.950. The Kier molecular flexibility index (Phi) is 3.73. The predicted octanol–water partition coefficient (Wildman–Crippen LogP) is 3.57. The smallest absolute Gasteiger partial charge is 0.190 e. The van der Waals surface area contributed by atoms with Gasteiger partial charge in [0.05, 0.1) is 0 Å². The fourth-order valence-electron chi connectivity index (χ4n) is 6.88. The van der Waals surface area contributed by atoms with Crippen LogP contribution in [0.4, 0.5) is 0 Å². The number of fused-ring (bicyclic) bond motifs is 5. The van der Waals surface area contributed by atoms with Crippen molar-refractivity contribution in [3.63, 3.8) is 0 Å². The second kappa shape index (κ2) is 5.40. The van der Waals surface area contributed by atoms with Crippen molar-refractivity contribution in [1.82, 2.24) is 0 Å². The summed E-state index contributed by atoms with van der Waals surface area (Å²) in [6.07, 6.45) is 12.3. The van der Waals surface area contributed by atoms with Crippen molar-refractivity contribution in [3.8, 4) is 0 Å². The molecule has 0 aromatic heterocycles. The number of hydrogen-bond donors (Lipinski definition) is 2. The van der Waals surface area contributed by atoms with Crippen molar-refractivity contribution in [1.29, 1.82) is 0 Å². The summed E-state index contributed by atoms with van der Waals surface area (Å²) in [5, 5.41) is 20.6. The Bertz CT molecular complexity index is 689. The number of hydrogen-bond acceptors (Lipinski definition) is 3. The number of allylic oxidation sites excluding steroid dienone is 5. The fourth-order valence-corrected chi connectivity index (χ4v) is 6.88. The third-order valence-electron chi connectivity index (χ3n) is 8.41. The molecule has 3 saturated carbocycles. The van der Waals surface area contributed by atoms with Gasteiger partial charge in [-0.05, 0) is 61.9 Å². The lowest BCUT2D eigenvalue weighted by molar-refractivity contribution is -0.163. The molecule has 0 aliphatic heterocycles. The van der Waals surface area contributed by atoms with Crippen LogP contribution in [-0.4, -0.2) is 28.2 Å². The Morgan fingerprint density at radius 3 is 2.68 bits per heavy atom. The molecule has 5 unspecified atom stereocenters. The fraction of sp³-hybridized carbons (Fsp3) is 0.682. The van der Waals surface area contributed by atoms with E-state index in [0.29, 0.717) is 24.2 Å². The van der Waals surface area contributed by atoms with E-state index in [0.717, 1.165) is 37.7 Å². The maximum Gasteiger partial charge on any atom is 0.190 e. The Morgan fingerprint density at radius 2 is 1.96 bits per heavy atom. The number of aliphatic hydroxyl groups is 2. The van der Waals surface area contributed by atoms with E-state index in [1.54, 1.807) is 0 Å². The monoisotopic (exact) mass is 342 g/mol. The van der Waals surface area contributed by atoms with E-state index in [1.807, 2.05) is 0 Å². The highest BCUT2D eigenvalue weighted by atomic mass is 16.3. The van der Waals surface area contributed by atoms with E-state index in [9.17, 15) is 15.0 Å². The van der Waals surface area contributed by atoms with E-state index in [2.05, 4.69) is 38.7 Å². The standard InChI is InChI=1S/C22H30O3/c1-14-6-9-20(2)15(12-14)4-5-16-17(20)7-10-21(3)18(16)8-11-22(21,25)19(24)13-23/h6,9,12,16-18,23,25H,1,4-5,7-8,10-11,13H2,2-3H3/t16?,17?,18?,20?,21?,22-/m0/s1. The summed E-state index contributed by atoms with van der Waals surface area (Å²) < 4.78 is 0. The van der Waals surface area contributed by atoms with E-state index < -0.39 is 17.6 Å². The van der Waals surface area contributed by atoms with Gasteiger partial charge in [0, 0.05) is 10.8 Å². The van der Waals surface area contributed by atoms with Crippen LogP contribution in [0.2, 0.25) is 0 Å². The van der Waals surface area contributed by atoms with Crippen molar-refractivity contribution in [2.24, 2.45) is 28.6 Å². The first-order valence-electron chi connectivity index (χ1n) is 9.72. The zero-order chi connectivity index (χ0) is 18.0. The largest absolute Gasteiger partial charge is 0.388 e. The summed E-state index contributed by atoms with van der Waals surface area (Å²) in [4.78, 5) is 12.4. The van der Waals surface area contributed by atoms with Crippen LogP contribution in [0, 0.1) is 28.6 Å². The average molecular weight is 342 g/mol. The molecular weight excluding hydrogens is 312 g/mol. The highest BCUT2D eigenvalue weighted by Crippen LogP contribution is 2.67. The second-order valence-corrected chi connectivity index (χ2v) is 9.21. The molecule has 6 atom stereocenters. The van der Waals surface area contributed by atoms with Gasteiger partial charge in [-0.2, -0.15) is 0 Å². The van der Waals surface area contributed by atoms with Gasteiger partial charge in [-0.3, -0.25) is 4.79 Å². The molecule has 0 radical (unpaired) electrons. The van der Waals surface area contributed by atoms with Gasteiger partial charge in [-0.15, -0.1) is 0 Å².